The van der Waals surface area contributed by atoms with Crippen molar-refractivity contribution in [1.82, 2.24) is 15.2 Å². The Morgan fingerprint density at radius 3 is 2.79 bits per heavy atom. The van der Waals surface area contributed by atoms with Crippen LogP contribution in [0.5, 0.6) is 0 Å². The Bertz CT molecular complexity index is 1160. The van der Waals surface area contributed by atoms with Crippen molar-refractivity contribution in [3.63, 3.8) is 0 Å². The molecule has 1 amide bonds. The lowest BCUT2D eigenvalue weighted by Gasteiger charge is -2.54. The van der Waals surface area contributed by atoms with Crippen molar-refractivity contribution in [1.29, 1.82) is 0 Å². The van der Waals surface area contributed by atoms with Crippen molar-refractivity contribution in [2.45, 2.75) is 57.0 Å². The molecule has 3 N–H and O–H groups in total. The van der Waals surface area contributed by atoms with Gasteiger partial charge in [0.05, 0.1) is 17.6 Å². The third kappa shape index (κ3) is 3.39. The van der Waals surface area contributed by atoms with E-state index >= 15 is 4.39 Å². The average molecular weight is 464 g/mol. The maximum absolute atomic E-state index is 15.6. The van der Waals surface area contributed by atoms with Gasteiger partial charge in [-0.15, -0.1) is 0 Å². The SMILES string of the molecule is CNC(=O)c1ccc(N2CCN(Cc3ccc4c(c3F)NC(O)C3=C4CCC3)C3CCC32)cn1. The fourth-order valence-electron chi connectivity index (χ4n) is 6.11. The van der Waals surface area contributed by atoms with Crippen LogP contribution in [0.2, 0.25) is 0 Å². The summed E-state index contributed by atoms with van der Waals surface area (Å²) in [6.07, 6.45) is 5.98. The number of rotatable bonds is 4. The van der Waals surface area contributed by atoms with Crippen molar-refractivity contribution in [2.24, 2.45) is 0 Å². The third-order valence-corrected chi connectivity index (χ3v) is 8.03. The number of allylic oxidation sites excluding steroid dienone is 1. The second kappa shape index (κ2) is 8.36. The van der Waals surface area contributed by atoms with E-state index in [1.54, 1.807) is 19.3 Å². The first-order valence-electron chi connectivity index (χ1n) is 12.2. The molecule has 2 aliphatic carbocycles. The molecule has 1 saturated carbocycles. The molecule has 1 aromatic carbocycles. The van der Waals surface area contributed by atoms with Crippen molar-refractivity contribution >= 4 is 22.9 Å². The lowest BCUT2D eigenvalue weighted by atomic mass is 9.81. The molecule has 1 aromatic heterocycles. The third-order valence-electron chi connectivity index (χ3n) is 8.03. The van der Waals surface area contributed by atoms with E-state index in [4.69, 9.17) is 0 Å². The molecule has 3 atom stereocenters. The van der Waals surface area contributed by atoms with E-state index in [0.717, 1.165) is 67.6 Å². The number of anilines is 2. The van der Waals surface area contributed by atoms with Crippen LogP contribution in [0.15, 0.2) is 36.0 Å². The Labute approximate surface area is 198 Å². The predicted molar refractivity (Wildman–Crippen MR) is 129 cm³/mol. The van der Waals surface area contributed by atoms with E-state index in [1.165, 1.54) is 0 Å². The number of carbonyl (C=O) groups is 1. The van der Waals surface area contributed by atoms with Gasteiger partial charge in [0, 0.05) is 49.9 Å². The number of aliphatic hydroxyl groups excluding tert-OH is 1. The van der Waals surface area contributed by atoms with E-state index in [1.807, 2.05) is 18.2 Å². The van der Waals surface area contributed by atoms with Crippen LogP contribution in [-0.4, -0.2) is 59.3 Å². The molecule has 34 heavy (non-hydrogen) atoms. The molecule has 4 aliphatic rings. The quantitative estimate of drug-likeness (QED) is 0.647. The fourth-order valence-corrected chi connectivity index (χ4v) is 6.11. The summed E-state index contributed by atoms with van der Waals surface area (Å²) in [4.78, 5) is 20.9. The number of hydrogen-bond donors (Lipinski definition) is 3. The zero-order valence-electron chi connectivity index (χ0n) is 19.4. The van der Waals surface area contributed by atoms with Gasteiger partial charge < -0.3 is 20.6 Å². The molecule has 2 aromatic rings. The number of nitrogens with one attached hydrogen (secondary N) is 2. The van der Waals surface area contributed by atoms with Crippen molar-refractivity contribution in [3.05, 3.63) is 58.7 Å². The molecule has 1 saturated heterocycles. The topological polar surface area (TPSA) is 80.7 Å². The zero-order valence-corrected chi connectivity index (χ0v) is 19.4. The molecular weight excluding hydrogens is 433 g/mol. The largest absolute Gasteiger partial charge is 0.370 e. The number of piperazine rings is 1. The van der Waals surface area contributed by atoms with Crippen LogP contribution in [0.25, 0.3) is 5.57 Å². The van der Waals surface area contributed by atoms with Gasteiger partial charge >= 0.3 is 0 Å². The minimum Gasteiger partial charge on any atom is -0.370 e. The van der Waals surface area contributed by atoms with Crippen molar-refractivity contribution in [3.8, 4) is 0 Å². The van der Waals surface area contributed by atoms with E-state index in [9.17, 15) is 9.90 Å². The predicted octanol–water partition coefficient (Wildman–Crippen LogP) is 3.11. The van der Waals surface area contributed by atoms with Gasteiger partial charge in [-0.05, 0) is 55.4 Å². The van der Waals surface area contributed by atoms with Gasteiger partial charge in [-0.1, -0.05) is 12.1 Å². The summed E-state index contributed by atoms with van der Waals surface area (Å²) in [5, 5.41) is 16.1. The molecule has 8 heteroatoms. The molecule has 7 nitrogen and oxygen atoms in total. The number of hydrogen-bond acceptors (Lipinski definition) is 6. The minimum absolute atomic E-state index is 0.188. The summed E-state index contributed by atoms with van der Waals surface area (Å²) in [5.74, 6) is -0.422. The number of nitrogens with zero attached hydrogens (tertiary/aromatic N) is 3. The summed E-state index contributed by atoms with van der Waals surface area (Å²) < 4.78 is 15.6. The van der Waals surface area contributed by atoms with Gasteiger partial charge in [0.1, 0.15) is 11.9 Å². The number of aromatic nitrogens is 1. The highest BCUT2D eigenvalue weighted by atomic mass is 19.1. The Morgan fingerprint density at radius 2 is 2.06 bits per heavy atom. The Hall–Kier alpha value is -2.97. The standard InChI is InChI=1S/C26H30FN5O2/c1-28-26(34)20-8-6-16(13-29-20)32-12-11-31(21-9-10-22(21)32)14-15-5-7-18-17-3-2-4-19(17)25(33)30-24(18)23(15)27/h5-8,13,21-22,25,30,33H,2-4,9-12,14H2,1H3,(H,28,34). The van der Waals surface area contributed by atoms with Gasteiger partial charge in [-0.25, -0.2) is 9.37 Å². The van der Waals surface area contributed by atoms with Crippen LogP contribution >= 0.6 is 0 Å². The fraction of sp³-hybridized carbons (Fsp3) is 0.462. The van der Waals surface area contributed by atoms with E-state index in [-0.39, 0.29) is 11.7 Å². The van der Waals surface area contributed by atoms with Gasteiger partial charge in [0.2, 0.25) is 0 Å². The van der Waals surface area contributed by atoms with Crippen LogP contribution < -0.4 is 15.5 Å². The summed E-state index contributed by atoms with van der Waals surface area (Å²) in [6, 6.07) is 8.43. The van der Waals surface area contributed by atoms with E-state index < -0.39 is 6.23 Å². The monoisotopic (exact) mass is 463 g/mol. The summed E-state index contributed by atoms with van der Waals surface area (Å²) >= 11 is 0. The Balaban J connectivity index is 1.19. The highest BCUT2D eigenvalue weighted by Gasteiger charge is 2.43. The molecular formula is C26H30FN5O2. The lowest BCUT2D eigenvalue weighted by molar-refractivity contribution is 0.0650. The smallest absolute Gasteiger partial charge is 0.269 e. The van der Waals surface area contributed by atoms with Gasteiger partial charge in [0.25, 0.3) is 5.91 Å². The highest BCUT2D eigenvalue weighted by Crippen LogP contribution is 2.44. The summed E-state index contributed by atoms with van der Waals surface area (Å²) in [7, 11) is 1.60. The van der Waals surface area contributed by atoms with Crippen LogP contribution in [0, 0.1) is 5.82 Å². The average Bonchev–Trinajstić information content (AvgIpc) is 3.33. The van der Waals surface area contributed by atoms with Crippen LogP contribution in [0.1, 0.15) is 53.7 Å². The number of fused-ring (bicyclic) bond motifs is 3. The lowest BCUT2D eigenvalue weighted by Crippen LogP contribution is -2.64. The van der Waals surface area contributed by atoms with Crippen molar-refractivity contribution < 1.29 is 14.3 Å². The Morgan fingerprint density at radius 1 is 1.21 bits per heavy atom. The number of aliphatic hydroxyl groups is 1. The Kier molecular flexibility index (Phi) is 5.30. The maximum atomic E-state index is 15.6. The first kappa shape index (κ1) is 21.6. The van der Waals surface area contributed by atoms with E-state index in [0.29, 0.717) is 35.6 Å². The first-order chi connectivity index (χ1) is 16.5. The molecule has 6 rings (SSSR count). The van der Waals surface area contributed by atoms with Crippen LogP contribution in [0.4, 0.5) is 15.8 Å². The van der Waals surface area contributed by atoms with Gasteiger partial charge in [-0.2, -0.15) is 0 Å². The molecule has 178 valence electrons. The molecule has 2 fully saturated rings. The number of amides is 1. The second-order valence-electron chi connectivity index (χ2n) is 9.72. The van der Waals surface area contributed by atoms with Crippen molar-refractivity contribution in [2.75, 3.05) is 30.4 Å². The van der Waals surface area contributed by atoms with Gasteiger partial charge in [-0.3, -0.25) is 9.69 Å². The highest BCUT2D eigenvalue weighted by molar-refractivity contribution is 5.92. The number of pyridine rings is 1. The molecule has 3 heterocycles. The molecule has 0 radical (unpaired) electrons. The minimum atomic E-state index is -0.780. The molecule has 3 unspecified atom stereocenters. The second-order valence-corrected chi connectivity index (χ2v) is 9.72. The normalized spacial score (nSPS) is 25.7. The molecule has 0 spiro atoms. The number of carbonyl (C=O) groups excluding carboxylic acids is 1. The van der Waals surface area contributed by atoms with Gasteiger partial charge in [0.15, 0.2) is 5.82 Å². The molecule has 2 aliphatic heterocycles. The van der Waals surface area contributed by atoms with Crippen LogP contribution in [0.3, 0.4) is 0 Å². The maximum Gasteiger partial charge on any atom is 0.269 e. The number of halogens is 1. The van der Waals surface area contributed by atoms with E-state index in [2.05, 4.69) is 25.4 Å². The number of benzene rings is 1. The zero-order chi connectivity index (χ0) is 23.4. The summed E-state index contributed by atoms with van der Waals surface area (Å²) in [5.41, 5.74) is 5.63. The first-order valence-corrected chi connectivity index (χ1v) is 12.2. The molecule has 0 bridgehead atoms. The summed E-state index contributed by atoms with van der Waals surface area (Å²) in [6.45, 7) is 2.23. The van der Waals surface area contributed by atoms with Crippen LogP contribution in [-0.2, 0) is 6.54 Å².